The van der Waals surface area contributed by atoms with Crippen LogP contribution in [-0.2, 0) is 13.1 Å². The molecule has 0 bridgehead atoms. The van der Waals surface area contributed by atoms with Crippen LogP contribution in [0.1, 0.15) is 48.7 Å². The van der Waals surface area contributed by atoms with Crippen molar-refractivity contribution in [3.05, 3.63) is 47.3 Å². The molecule has 0 aliphatic carbocycles. The summed E-state index contributed by atoms with van der Waals surface area (Å²) in [5, 5.41) is 4.49. The molecule has 1 aromatic carbocycles. The standard InChI is InChI=1S/C18H22FN5O/c1-5-24-16(9-14(22-24)11(2)3)18(25)23(4)10-17-20-13-7-6-12(19)8-15(13)21-17/h6-9,11H,5,10H2,1-4H3,(H,20,21). The van der Waals surface area contributed by atoms with Gasteiger partial charge in [-0.05, 0) is 37.1 Å². The van der Waals surface area contributed by atoms with Crippen LogP contribution in [0.5, 0.6) is 0 Å². The number of fused-ring (bicyclic) bond motifs is 1. The predicted molar refractivity (Wildman–Crippen MR) is 93.8 cm³/mol. The van der Waals surface area contributed by atoms with E-state index < -0.39 is 0 Å². The molecule has 0 radical (unpaired) electrons. The van der Waals surface area contributed by atoms with E-state index >= 15 is 0 Å². The third-order valence-corrected chi connectivity index (χ3v) is 4.14. The van der Waals surface area contributed by atoms with Crippen molar-refractivity contribution in [3.8, 4) is 0 Å². The molecule has 0 unspecified atom stereocenters. The Kier molecular flexibility index (Phi) is 4.57. The first kappa shape index (κ1) is 17.1. The molecule has 0 fully saturated rings. The summed E-state index contributed by atoms with van der Waals surface area (Å²) in [6.07, 6.45) is 0. The molecule has 3 rings (SSSR count). The Hall–Kier alpha value is -2.70. The second-order valence-electron chi connectivity index (χ2n) is 6.43. The minimum atomic E-state index is -0.319. The third-order valence-electron chi connectivity index (χ3n) is 4.14. The number of H-pyrrole nitrogens is 1. The number of nitrogens with one attached hydrogen (secondary N) is 1. The minimum Gasteiger partial charge on any atom is -0.340 e. The topological polar surface area (TPSA) is 66.8 Å². The third kappa shape index (κ3) is 3.40. The number of hydrogen-bond acceptors (Lipinski definition) is 3. The quantitative estimate of drug-likeness (QED) is 0.773. The van der Waals surface area contributed by atoms with Gasteiger partial charge in [0.15, 0.2) is 0 Å². The van der Waals surface area contributed by atoms with Crippen LogP contribution >= 0.6 is 0 Å². The van der Waals surface area contributed by atoms with Gasteiger partial charge in [0, 0.05) is 13.6 Å². The zero-order valence-corrected chi connectivity index (χ0v) is 14.9. The minimum absolute atomic E-state index is 0.118. The molecule has 2 aromatic heterocycles. The van der Waals surface area contributed by atoms with Gasteiger partial charge in [-0.3, -0.25) is 9.48 Å². The number of aryl methyl sites for hydroxylation is 1. The lowest BCUT2D eigenvalue weighted by molar-refractivity contribution is 0.0769. The molecule has 7 heteroatoms. The molecule has 0 spiro atoms. The van der Waals surface area contributed by atoms with E-state index in [0.717, 1.165) is 5.69 Å². The fraction of sp³-hybridized carbons (Fsp3) is 0.389. The highest BCUT2D eigenvalue weighted by Gasteiger charge is 2.20. The molecule has 0 saturated heterocycles. The number of imidazole rings is 1. The van der Waals surface area contributed by atoms with Gasteiger partial charge in [-0.15, -0.1) is 0 Å². The second-order valence-corrected chi connectivity index (χ2v) is 6.43. The Bertz CT molecular complexity index is 911. The fourth-order valence-corrected chi connectivity index (χ4v) is 2.73. The van der Waals surface area contributed by atoms with Gasteiger partial charge < -0.3 is 9.88 Å². The molecular weight excluding hydrogens is 321 g/mol. The van der Waals surface area contributed by atoms with Crippen LogP contribution < -0.4 is 0 Å². The molecule has 3 aromatic rings. The molecule has 6 nitrogen and oxygen atoms in total. The number of aromatic nitrogens is 4. The number of aromatic amines is 1. The Morgan fingerprint density at radius 3 is 2.80 bits per heavy atom. The molecular formula is C18H22FN5O. The van der Waals surface area contributed by atoms with Gasteiger partial charge in [0.25, 0.3) is 5.91 Å². The number of halogens is 1. The first-order valence-corrected chi connectivity index (χ1v) is 8.36. The summed E-state index contributed by atoms with van der Waals surface area (Å²) < 4.78 is 15.0. The van der Waals surface area contributed by atoms with Crippen LogP contribution in [0.2, 0.25) is 0 Å². The first-order valence-electron chi connectivity index (χ1n) is 8.36. The molecule has 1 amide bonds. The molecule has 1 N–H and O–H groups in total. The highest BCUT2D eigenvalue weighted by molar-refractivity contribution is 5.92. The summed E-state index contributed by atoms with van der Waals surface area (Å²) >= 11 is 0. The Balaban J connectivity index is 1.82. The lowest BCUT2D eigenvalue weighted by Crippen LogP contribution is -2.28. The van der Waals surface area contributed by atoms with Crippen molar-refractivity contribution in [3.63, 3.8) is 0 Å². The van der Waals surface area contributed by atoms with Crippen LogP contribution in [0.3, 0.4) is 0 Å². The average Bonchev–Trinajstić information content (AvgIpc) is 3.16. The van der Waals surface area contributed by atoms with Crippen LogP contribution in [0.25, 0.3) is 11.0 Å². The van der Waals surface area contributed by atoms with E-state index in [9.17, 15) is 9.18 Å². The van der Waals surface area contributed by atoms with Crippen LogP contribution in [0.4, 0.5) is 4.39 Å². The number of carbonyl (C=O) groups excluding carboxylic acids is 1. The Morgan fingerprint density at radius 1 is 1.36 bits per heavy atom. The molecule has 0 aliphatic rings. The summed E-state index contributed by atoms with van der Waals surface area (Å²) in [6, 6.07) is 6.23. The molecule has 132 valence electrons. The van der Waals surface area contributed by atoms with Gasteiger partial charge in [0.2, 0.25) is 0 Å². The van der Waals surface area contributed by atoms with Crippen LogP contribution in [-0.4, -0.2) is 37.6 Å². The maximum Gasteiger partial charge on any atom is 0.272 e. The summed E-state index contributed by atoms with van der Waals surface area (Å²) in [7, 11) is 1.72. The van der Waals surface area contributed by atoms with Crippen molar-refractivity contribution in [2.45, 2.75) is 39.8 Å². The second kappa shape index (κ2) is 6.66. The Labute approximate surface area is 145 Å². The molecule has 25 heavy (non-hydrogen) atoms. The zero-order chi connectivity index (χ0) is 18.1. The van der Waals surface area contributed by atoms with E-state index in [1.165, 1.54) is 12.1 Å². The number of hydrogen-bond donors (Lipinski definition) is 1. The molecule has 0 aliphatic heterocycles. The summed E-state index contributed by atoms with van der Waals surface area (Å²) in [5.41, 5.74) is 2.77. The summed E-state index contributed by atoms with van der Waals surface area (Å²) in [6.45, 7) is 7.00. The summed E-state index contributed by atoms with van der Waals surface area (Å²) in [4.78, 5) is 21.8. The van der Waals surface area contributed by atoms with E-state index in [-0.39, 0.29) is 17.6 Å². The maximum atomic E-state index is 13.3. The van der Waals surface area contributed by atoms with Gasteiger partial charge in [-0.25, -0.2) is 9.37 Å². The zero-order valence-electron chi connectivity index (χ0n) is 14.9. The molecule has 2 heterocycles. The van der Waals surface area contributed by atoms with Crippen molar-refractivity contribution in [1.29, 1.82) is 0 Å². The van der Waals surface area contributed by atoms with Gasteiger partial charge in [-0.2, -0.15) is 5.10 Å². The van der Waals surface area contributed by atoms with E-state index in [4.69, 9.17) is 0 Å². The van der Waals surface area contributed by atoms with E-state index in [0.29, 0.717) is 35.6 Å². The highest BCUT2D eigenvalue weighted by atomic mass is 19.1. The van der Waals surface area contributed by atoms with E-state index in [1.807, 2.05) is 26.8 Å². The van der Waals surface area contributed by atoms with Crippen LogP contribution in [0.15, 0.2) is 24.3 Å². The van der Waals surface area contributed by atoms with Crippen molar-refractivity contribution < 1.29 is 9.18 Å². The van der Waals surface area contributed by atoms with Gasteiger partial charge in [0.1, 0.15) is 17.3 Å². The van der Waals surface area contributed by atoms with Gasteiger partial charge >= 0.3 is 0 Å². The number of rotatable bonds is 5. The highest BCUT2D eigenvalue weighted by Crippen LogP contribution is 2.17. The number of carbonyl (C=O) groups is 1. The molecule has 0 saturated carbocycles. The monoisotopic (exact) mass is 343 g/mol. The van der Waals surface area contributed by atoms with Crippen molar-refractivity contribution >= 4 is 16.9 Å². The van der Waals surface area contributed by atoms with Crippen molar-refractivity contribution in [1.82, 2.24) is 24.6 Å². The van der Waals surface area contributed by atoms with Crippen molar-refractivity contribution in [2.75, 3.05) is 7.05 Å². The Morgan fingerprint density at radius 2 is 2.12 bits per heavy atom. The normalized spacial score (nSPS) is 11.4. The maximum absolute atomic E-state index is 13.3. The molecule has 0 atom stereocenters. The lowest BCUT2D eigenvalue weighted by atomic mass is 10.1. The summed E-state index contributed by atoms with van der Waals surface area (Å²) in [5.74, 6) is 0.436. The van der Waals surface area contributed by atoms with E-state index in [2.05, 4.69) is 15.1 Å². The van der Waals surface area contributed by atoms with E-state index in [1.54, 1.807) is 22.7 Å². The van der Waals surface area contributed by atoms with Crippen LogP contribution in [0, 0.1) is 5.82 Å². The first-order chi connectivity index (χ1) is 11.9. The number of nitrogens with zero attached hydrogens (tertiary/aromatic N) is 4. The lowest BCUT2D eigenvalue weighted by Gasteiger charge is -2.16. The van der Waals surface area contributed by atoms with Crippen molar-refractivity contribution in [2.24, 2.45) is 0 Å². The largest absolute Gasteiger partial charge is 0.340 e. The average molecular weight is 343 g/mol. The van der Waals surface area contributed by atoms with Gasteiger partial charge in [-0.1, -0.05) is 13.8 Å². The number of amides is 1. The predicted octanol–water partition coefficient (Wildman–Crippen LogP) is 3.31. The van der Waals surface area contributed by atoms with Gasteiger partial charge in [0.05, 0.1) is 23.3 Å². The SMILES string of the molecule is CCn1nc(C(C)C)cc1C(=O)N(C)Cc1nc2ccc(F)cc2[nH]1. The number of benzene rings is 1. The fourth-order valence-electron chi connectivity index (χ4n) is 2.73. The smallest absolute Gasteiger partial charge is 0.272 e.